The molecule has 3 N–H and O–H groups in total. The number of carbonyl (C=O) groups excluding carboxylic acids is 1. The van der Waals surface area contributed by atoms with Crippen LogP contribution in [0.1, 0.15) is 29.9 Å². The highest BCUT2D eigenvalue weighted by Gasteiger charge is 2.37. The Balaban J connectivity index is 2.01. The number of hydrogen-bond acceptors (Lipinski definition) is 6. The van der Waals surface area contributed by atoms with Gasteiger partial charge in [-0.3, -0.25) is 4.79 Å². The van der Waals surface area contributed by atoms with Crippen LogP contribution in [0.25, 0.3) is 16.5 Å². The summed E-state index contributed by atoms with van der Waals surface area (Å²) in [5.41, 5.74) is 6.46. The van der Waals surface area contributed by atoms with E-state index >= 15 is 0 Å². The van der Waals surface area contributed by atoms with Crippen molar-refractivity contribution < 1.29 is 9.90 Å². The molecule has 148 valence electrons. The summed E-state index contributed by atoms with van der Waals surface area (Å²) in [4.78, 5) is 16.4. The van der Waals surface area contributed by atoms with Gasteiger partial charge in [0.1, 0.15) is 5.70 Å². The molecule has 1 aliphatic rings. The van der Waals surface area contributed by atoms with Crippen LogP contribution < -0.4 is 15.5 Å². The van der Waals surface area contributed by atoms with Crippen molar-refractivity contribution in [3.63, 3.8) is 0 Å². The summed E-state index contributed by atoms with van der Waals surface area (Å²) in [6.07, 6.45) is 1.86. The molecular formula is C21H25N3O2S2. The summed E-state index contributed by atoms with van der Waals surface area (Å²) in [5, 5.41) is 14.7. The second kappa shape index (κ2) is 8.03. The Morgan fingerprint density at radius 3 is 2.71 bits per heavy atom. The molecule has 0 bridgehead atoms. The van der Waals surface area contributed by atoms with Gasteiger partial charge < -0.3 is 20.6 Å². The van der Waals surface area contributed by atoms with E-state index in [9.17, 15) is 9.90 Å². The van der Waals surface area contributed by atoms with E-state index < -0.39 is 0 Å². The molecule has 2 aromatic rings. The number of rotatable bonds is 7. The number of amides is 1. The van der Waals surface area contributed by atoms with Gasteiger partial charge in [0.05, 0.1) is 12.1 Å². The molecule has 1 amide bonds. The topological polar surface area (TPSA) is 64.6 Å². The number of aliphatic hydroxyl groups excluding tert-OH is 1. The van der Waals surface area contributed by atoms with Crippen molar-refractivity contribution in [2.45, 2.75) is 19.3 Å². The first-order chi connectivity index (χ1) is 13.3. The Hall–Kier alpha value is -2.22. The summed E-state index contributed by atoms with van der Waals surface area (Å²) in [6.45, 7) is 5.19. The third-order valence-corrected chi connectivity index (χ3v) is 6.45. The second-order valence-electron chi connectivity index (χ2n) is 7.29. The molecule has 1 heterocycles. The average Bonchev–Trinajstić information content (AvgIpc) is 3.17. The molecule has 7 heteroatoms. The van der Waals surface area contributed by atoms with E-state index in [1.54, 1.807) is 18.4 Å². The van der Waals surface area contributed by atoms with Gasteiger partial charge in [-0.2, -0.15) is 0 Å². The quantitative estimate of drug-likeness (QED) is 0.479. The number of nitrogens with one attached hydrogen (secondary N) is 2. The minimum atomic E-state index is -0.248. The van der Waals surface area contributed by atoms with Crippen molar-refractivity contribution in [2.75, 3.05) is 32.1 Å². The first-order valence-corrected chi connectivity index (χ1v) is 10.4. The molecule has 1 aromatic heterocycles. The first kappa shape index (κ1) is 20.5. The standard InChI is InChI=1S/C21H25N3O2S2/c1-21(2)16-9-13(24(4)7-8-25)5-6-15(16)19-17(21)10-14(28-19)11-18(22-3)20(26)23-12-27/h5-6,9-12,22,25H,7-8H2,1-4H3,(H,23,26,27)/b18-11-. The third kappa shape index (κ3) is 3.57. The molecule has 28 heavy (non-hydrogen) atoms. The van der Waals surface area contributed by atoms with Gasteiger partial charge in [-0.05, 0) is 41.0 Å². The Morgan fingerprint density at radius 2 is 2.07 bits per heavy atom. The van der Waals surface area contributed by atoms with E-state index in [0.29, 0.717) is 12.2 Å². The molecule has 0 atom stereocenters. The lowest BCUT2D eigenvalue weighted by Gasteiger charge is -2.24. The largest absolute Gasteiger partial charge is 0.395 e. The lowest BCUT2D eigenvalue weighted by molar-refractivity contribution is -0.116. The maximum Gasteiger partial charge on any atom is 0.271 e. The van der Waals surface area contributed by atoms with Crippen LogP contribution in [0.3, 0.4) is 0 Å². The second-order valence-corrected chi connectivity index (χ2v) is 8.61. The Kier molecular flexibility index (Phi) is 5.88. The van der Waals surface area contributed by atoms with Crippen molar-refractivity contribution in [2.24, 2.45) is 0 Å². The Labute approximate surface area is 175 Å². The van der Waals surface area contributed by atoms with Gasteiger partial charge in [0.25, 0.3) is 5.91 Å². The van der Waals surface area contributed by atoms with Crippen molar-refractivity contribution in [1.82, 2.24) is 10.6 Å². The monoisotopic (exact) mass is 415 g/mol. The van der Waals surface area contributed by atoms with E-state index in [0.717, 1.165) is 10.6 Å². The fourth-order valence-electron chi connectivity index (χ4n) is 3.58. The zero-order chi connectivity index (χ0) is 20.5. The summed E-state index contributed by atoms with van der Waals surface area (Å²) >= 11 is 6.39. The molecule has 0 aliphatic heterocycles. The van der Waals surface area contributed by atoms with E-state index in [1.165, 1.54) is 27.1 Å². The molecule has 5 nitrogen and oxygen atoms in total. The highest BCUT2D eigenvalue weighted by Crippen LogP contribution is 2.53. The van der Waals surface area contributed by atoms with Crippen LogP contribution in [-0.2, 0) is 10.2 Å². The average molecular weight is 416 g/mol. The Bertz CT molecular complexity index is 947. The van der Waals surface area contributed by atoms with Gasteiger partial charge >= 0.3 is 0 Å². The lowest BCUT2D eigenvalue weighted by atomic mass is 9.82. The molecule has 0 saturated heterocycles. The third-order valence-electron chi connectivity index (χ3n) is 5.21. The molecule has 1 aromatic carbocycles. The normalized spacial score (nSPS) is 14.2. The van der Waals surface area contributed by atoms with E-state index in [4.69, 9.17) is 12.2 Å². The molecule has 3 rings (SSSR count). The number of thiophene rings is 1. The lowest BCUT2D eigenvalue weighted by Crippen LogP contribution is -2.28. The maximum absolute atomic E-state index is 12.1. The van der Waals surface area contributed by atoms with Gasteiger partial charge in [-0.1, -0.05) is 32.1 Å². The van der Waals surface area contributed by atoms with Gasteiger partial charge in [0.2, 0.25) is 0 Å². The zero-order valence-electron chi connectivity index (χ0n) is 16.5. The summed E-state index contributed by atoms with van der Waals surface area (Å²) in [7, 11) is 3.71. The Morgan fingerprint density at radius 1 is 1.32 bits per heavy atom. The summed E-state index contributed by atoms with van der Waals surface area (Å²) < 4.78 is 0. The van der Waals surface area contributed by atoms with Gasteiger partial charge in [-0.15, -0.1) is 11.3 Å². The van der Waals surface area contributed by atoms with E-state index in [1.807, 2.05) is 13.1 Å². The van der Waals surface area contributed by atoms with Crippen LogP contribution in [-0.4, -0.2) is 43.8 Å². The summed E-state index contributed by atoms with van der Waals surface area (Å²) in [5.74, 6) is -0.248. The number of carbonyl (C=O) groups is 1. The SMILES string of the molecule is CN/C(=C\c1cc2c(s1)-c1ccc(N(C)CCO)cc1C2(C)C)C(=O)NC=S. The predicted octanol–water partition coefficient (Wildman–Crippen LogP) is 3.12. The van der Waals surface area contributed by atoms with Crippen molar-refractivity contribution >= 4 is 46.7 Å². The molecule has 1 aliphatic carbocycles. The number of aliphatic hydroxyl groups is 1. The van der Waals surface area contributed by atoms with Gasteiger partial charge in [0, 0.05) is 41.5 Å². The van der Waals surface area contributed by atoms with Gasteiger partial charge in [-0.25, -0.2) is 0 Å². The van der Waals surface area contributed by atoms with Crippen LogP contribution in [0, 0.1) is 0 Å². The number of likely N-dealkylation sites (N-methyl/N-ethyl adjacent to an activating group) is 2. The summed E-state index contributed by atoms with van der Waals surface area (Å²) in [6, 6.07) is 8.65. The van der Waals surface area contributed by atoms with Crippen molar-refractivity contribution in [1.29, 1.82) is 0 Å². The van der Waals surface area contributed by atoms with Crippen LogP contribution in [0.15, 0.2) is 30.0 Å². The number of nitrogens with zero attached hydrogens (tertiary/aromatic N) is 1. The molecule has 0 unspecified atom stereocenters. The predicted molar refractivity (Wildman–Crippen MR) is 121 cm³/mol. The first-order valence-electron chi connectivity index (χ1n) is 9.08. The molecule has 0 radical (unpaired) electrons. The molecule has 0 saturated carbocycles. The van der Waals surface area contributed by atoms with E-state index in [-0.39, 0.29) is 17.9 Å². The smallest absolute Gasteiger partial charge is 0.271 e. The number of benzene rings is 1. The van der Waals surface area contributed by atoms with Crippen LogP contribution in [0.4, 0.5) is 5.69 Å². The number of thiocarbonyl (C=S) groups is 1. The highest BCUT2D eigenvalue weighted by atomic mass is 32.1. The fraction of sp³-hybridized carbons (Fsp3) is 0.333. The van der Waals surface area contributed by atoms with Crippen LogP contribution >= 0.6 is 23.6 Å². The van der Waals surface area contributed by atoms with Crippen molar-refractivity contribution in [3.8, 4) is 10.4 Å². The highest BCUT2D eigenvalue weighted by molar-refractivity contribution is 7.78. The minimum absolute atomic E-state index is 0.125. The molecular weight excluding hydrogens is 390 g/mol. The zero-order valence-corrected chi connectivity index (χ0v) is 18.1. The van der Waals surface area contributed by atoms with Crippen LogP contribution in [0.2, 0.25) is 0 Å². The fourth-order valence-corrected chi connectivity index (χ4v) is 4.99. The van der Waals surface area contributed by atoms with E-state index in [2.05, 4.69) is 53.6 Å². The van der Waals surface area contributed by atoms with Crippen LogP contribution in [0.5, 0.6) is 0 Å². The van der Waals surface area contributed by atoms with Gasteiger partial charge in [0.15, 0.2) is 0 Å². The number of hydrogen-bond donors (Lipinski definition) is 3. The number of anilines is 1. The maximum atomic E-state index is 12.1. The van der Waals surface area contributed by atoms with Crippen molar-refractivity contribution in [3.05, 3.63) is 46.0 Å². The minimum Gasteiger partial charge on any atom is -0.395 e. The molecule has 0 fully saturated rings. The molecule has 0 spiro atoms. The number of fused-ring (bicyclic) bond motifs is 3.